The first-order valence-corrected chi connectivity index (χ1v) is 9.22. The number of hydrogen-bond donors (Lipinski definition) is 1. The van der Waals surface area contributed by atoms with Crippen molar-refractivity contribution in [1.82, 2.24) is 4.90 Å². The molecular formula is C21H31NO2. The lowest BCUT2D eigenvalue weighted by molar-refractivity contribution is -0.155. The summed E-state index contributed by atoms with van der Waals surface area (Å²) < 4.78 is 6.11. The average molecular weight is 329 g/mol. The van der Waals surface area contributed by atoms with Crippen LogP contribution in [-0.4, -0.2) is 41.8 Å². The molecule has 0 unspecified atom stereocenters. The summed E-state index contributed by atoms with van der Waals surface area (Å²) >= 11 is 0. The summed E-state index contributed by atoms with van der Waals surface area (Å²) in [5.74, 6) is 0.936. The van der Waals surface area contributed by atoms with E-state index in [4.69, 9.17) is 4.74 Å². The lowest BCUT2D eigenvalue weighted by atomic mass is 9.63. The second-order valence-corrected chi connectivity index (χ2v) is 8.31. The third-order valence-electron chi connectivity index (χ3n) is 5.68. The topological polar surface area (TPSA) is 32.7 Å². The fourth-order valence-corrected chi connectivity index (χ4v) is 3.98. The van der Waals surface area contributed by atoms with Gasteiger partial charge < -0.3 is 9.84 Å². The van der Waals surface area contributed by atoms with E-state index in [0.29, 0.717) is 23.8 Å². The van der Waals surface area contributed by atoms with Crippen LogP contribution in [0.15, 0.2) is 30.3 Å². The van der Waals surface area contributed by atoms with Gasteiger partial charge >= 0.3 is 0 Å². The molecule has 1 aliphatic heterocycles. The molecule has 1 heterocycles. The number of benzene rings is 1. The largest absolute Gasteiger partial charge is 0.508 e. The van der Waals surface area contributed by atoms with Crippen LogP contribution >= 0.6 is 0 Å². The Kier molecular flexibility index (Phi) is 5.03. The van der Waals surface area contributed by atoms with Gasteiger partial charge in [0.15, 0.2) is 0 Å². The van der Waals surface area contributed by atoms with Gasteiger partial charge in [-0.15, -0.1) is 0 Å². The molecule has 1 aliphatic carbocycles. The Hall–Kier alpha value is -1.32. The van der Waals surface area contributed by atoms with Gasteiger partial charge in [-0.3, -0.25) is 4.90 Å². The van der Waals surface area contributed by atoms with Crippen molar-refractivity contribution in [2.24, 2.45) is 11.3 Å². The van der Waals surface area contributed by atoms with E-state index in [1.807, 2.05) is 12.1 Å². The number of ether oxygens (including phenoxy) is 1. The van der Waals surface area contributed by atoms with Crippen molar-refractivity contribution in [3.05, 3.63) is 35.9 Å². The molecule has 3 rings (SSSR count). The highest BCUT2D eigenvalue weighted by Crippen LogP contribution is 2.46. The molecule has 0 amide bonds. The van der Waals surface area contributed by atoms with E-state index in [0.717, 1.165) is 32.5 Å². The van der Waals surface area contributed by atoms with Gasteiger partial charge in [0.2, 0.25) is 0 Å². The molecule has 0 saturated heterocycles. The van der Waals surface area contributed by atoms with E-state index in [1.165, 1.54) is 11.1 Å². The van der Waals surface area contributed by atoms with Gasteiger partial charge in [-0.05, 0) is 42.0 Å². The zero-order chi connectivity index (χ0) is 17.3. The van der Waals surface area contributed by atoms with E-state index >= 15 is 0 Å². The maximum atomic E-state index is 9.43. The lowest BCUT2D eigenvalue weighted by Gasteiger charge is -2.56. The summed E-state index contributed by atoms with van der Waals surface area (Å²) in [7, 11) is 0. The highest BCUT2D eigenvalue weighted by molar-refractivity contribution is 5.67. The Labute approximate surface area is 146 Å². The van der Waals surface area contributed by atoms with Gasteiger partial charge in [-0.2, -0.15) is 0 Å². The molecule has 0 spiro atoms. The van der Waals surface area contributed by atoms with Crippen LogP contribution in [0.1, 0.15) is 46.1 Å². The first-order valence-electron chi connectivity index (χ1n) is 9.22. The minimum Gasteiger partial charge on any atom is -0.508 e. The molecule has 3 nitrogen and oxygen atoms in total. The molecule has 1 saturated carbocycles. The first kappa shape index (κ1) is 17.5. The van der Waals surface area contributed by atoms with Crippen LogP contribution in [0.2, 0.25) is 0 Å². The minimum absolute atomic E-state index is 0.235. The normalized spacial score (nSPS) is 27.0. The number of nitrogens with zero attached hydrogens (tertiary/aromatic N) is 1. The molecule has 24 heavy (non-hydrogen) atoms. The summed E-state index contributed by atoms with van der Waals surface area (Å²) in [5, 5.41) is 9.43. The third-order valence-corrected chi connectivity index (χ3v) is 5.68. The van der Waals surface area contributed by atoms with E-state index in [2.05, 4.69) is 38.7 Å². The predicted octanol–water partition coefficient (Wildman–Crippen LogP) is 4.32. The van der Waals surface area contributed by atoms with Crippen LogP contribution in [0.5, 0.6) is 5.75 Å². The summed E-state index contributed by atoms with van der Waals surface area (Å²) in [6.45, 7) is 12.1. The Morgan fingerprint density at radius 1 is 1.25 bits per heavy atom. The standard InChI is InChI=1S/C21H31NO2/c1-15(2)14-24-20-13-19(21(20,3)4)22-11-9-17(10-12-22)16-5-7-18(23)8-6-16/h5-9,15,19-20,23H,10-14H2,1-4H3/t19-,20+/m1/s1. The molecular weight excluding hydrogens is 298 g/mol. The van der Waals surface area contributed by atoms with Crippen LogP contribution in [0.25, 0.3) is 5.57 Å². The molecule has 0 bridgehead atoms. The maximum Gasteiger partial charge on any atom is 0.115 e. The molecule has 0 radical (unpaired) electrons. The summed E-state index contributed by atoms with van der Waals surface area (Å²) in [4.78, 5) is 2.61. The fourth-order valence-electron chi connectivity index (χ4n) is 3.98. The molecule has 2 atom stereocenters. The first-order chi connectivity index (χ1) is 11.4. The van der Waals surface area contributed by atoms with Gasteiger partial charge in [0.05, 0.1) is 6.10 Å². The zero-order valence-electron chi connectivity index (χ0n) is 15.5. The van der Waals surface area contributed by atoms with Crippen molar-refractivity contribution in [2.75, 3.05) is 19.7 Å². The molecule has 1 N–H and O–H groups in total. The van der Waals surface area contributed by atoms with Gasteiger partial charge in [-0.25, -0.2) is 0 Å². The van der Waals surface area contributed by atoms with Gasteiger partial charge in [0, 0.05) is 31.2 Å². The summed E-state index contributed by atoms with van der Waals surface area (Å²) in [5.41, 5.74) is 2.87. The van der Waals surface area contributed by atoms with E-state index in [1.54, 1.807) is 12.1 Å². The SMILES string of the molecule is CC(C)CO[C@H]1C[C@@H](N2CC=C(c3ccc(O)cc3)CC2)C1(C)C. The van der Waals surface area contributed by atoms with E-state index in [-0.39, 0.29) is 5.41 Å². The highest BCUT2D eigenvalue weighted by atomic mass is 16.5. The monoisotopic (exact) mass is 329 g/mol. The molecule has 0 aromatic heterocycles. The third kappa shape index (κ3) is 3.52. The average Bonchev–Trinajstić information content (AvgIpc) is 2.55. The Morgan fingerprint density at radius 3 is 2.50 bits per heavy atom. The predicted molar refractivity (Wildman–Crippen MR) is 99.0 cm³/mol. The Balaban J connectivity index is 1.58. The quantitative estimate of drug-likeness (QED) is 0.873. The number of rotatable bonds is 5. The fraction of sp³-hybridized carbons (Fsp3) is 0.619. The zero-order valence-corrected chi connectivity index (χ0v) is 15.5. The highest BCUT2D eigenvalue weighted by Gasteiger charge is 2.51. The van der Waals surface area contributed by atoms with Crippen molar-refractivity contribution >= 4 is 5.57 Å². The molecule has 132 valence electrons. The van der Waals surface area contributed by atoms with Crippen molar-refractivity contribution in [2.45, 2.75) is 52.7 Å². The molecule has 1 aromatic rings. The van der Waals surface area contributed by atoms with Crippen LogP contribution in [0.3, 0.4) is 0 Å². The second kappa shape index (κ2) is 6.89. The van der Waals surface area contributed by atoms with Crippen molar-refractivity contribution in [3.63, 3.8) is 0 Å². The van der Waals surface area contributed by atoms with Crippen molar-refractivity contribution in [1.29, 1.82) is 0 Å². The van der Waals surface area contributed by atoms with E-state index in [9.17, 15) is 5.11 Å². The van der Waals surface area contributed by atoms with E-state index < -0.39 is 0 Å². The maximum absolute atomic E-state index is 9.43. The minimum atomic E-state index is 0.235. The van der Waals surface area contributed by atoms with Gasteiger partial charge in [0.25, 0.3) is 0 Å². The summed E-state index contributed by atoms with van der Waals surface area (Å²) in [6.07, 6.45) is 4.98. The van der Waals surface area contributed by atoms with Crippen LogP contribution in [0, 0.1) is 11.3 Å². The Bertz CT molecular complexity index is 588. The van der Waals surface area contributed by atoms with Crippen LogP contribution < -0.4 is 0 Å². The van der Waals surface area contributed by atoms with Crippen LogP contribution in [0.4, 0.5) is 0 Å². The number of hydrogen-bond acceptors (Lipinski definition) is 3. The molecule has 2 aliphatic rings. The second-order valence-electron chi connectivity index (χ2n) is 8.31. The smallest absolute Gasteiger partial charge is 0.115 e. The molecule has 1 fully saturated rings. The lowest BCUT2D eigenvalue weighted by Crippen LogP contribution is -2.62. The van der Waals surface area contributed by atoms with Crippen LogP contribution in [-0.2, 0) is 4.74 Å². The summed E-state index contributed by atoms with van der Waals surface area (Å²) in [6, 6.07) is 8.19. The number of aromatic hydroxyl groups is 1. The molecule has 3 heteroatoms. The van der Waals surface area contributed by atoms with Crippen molar-refractivity contribution < 1.29 is 9.84 Å². The van der Waals surface area contributed by atoms with Gasteiger partial charge in [-0.1, -0.05) is 45.9 Å². The molecule has 1 aromatic carbocycles. The Morgan fingerprint density at radius 2 is 1.96 bits per heavy atom. The number of phenolic OH excluding ortho intramolecular Hbond substituents is 1. The van der Waals surface area contributed by atoms with Gasteiger partial charge in [0.1, 0.15) is 5.75 Å². The van der Waals surface area contributed by atoms with Crippen molar-refractivity contribution in [3.8, 4) is 5.75 Å². The number of phenols is 1.